The maximum Gasteiger partial charge on any atom is 0.289 e. The van der Waals surface area contributed by atoms with Gasteiger partial charge in [0.2, 0.25) is 0 Å². The third-order valence-electron chi connectivity index (χ3n) is 4.75. The molecule has 24 heavy (non-hydrogen) atoms. The molecule has 1 aromatic heterocycles. The molecule has 1 unspecified atom stereocenters. The Morgan fingerprint density at radius 1 is 1.17 bits per heavy atom. The average molecular weight is 326 g/mol. The summed E-state index contributed by atoms with van der Waals surface area (Å²) in [5.74, 6) is 1.08. The summed E-state index contributed by atoms with van der Waals surface area (Å²) in [5.41, 5.74) is 2.40. The number of carbonyl (C=O) groups excluding carboxylic acids is 1. The predicted octanol–water partition coefficient (Wildman–Crippen LogP) is 3.68. The molecular formula is C20H26N2O2. The van der Waals surface area contributed by atoms with Crippen LogP contribution in [0.4, 0.5) is 0 Å². The van der Waals surface area contributed by atoms with Crippen molar-refractivity contribution in [2.75, 3.05) is 20.1 Å². The van der Waals surface area contributed by atoms with Crippen LogP contribution < -0.4 is 5.32 Å². The van der Waals surface area contributed by atoms with Gasteiger partial charge in [0.1, 0.15) is 5.76 Å². The largest absolute Gasteiger partial charge is 0.451 e. The van der Waals surface area contributed by atoms with Gasteiger partial charge in [0.05, 0.1) is 0 Å². The second-order valence-electron chi connectivity index (χ2n) is 7.55. The number of carbonyl (C=O) groups is 1. The van der Waals surface area contributed by atoms with Crippen molar-refractivity contribution in [2.45, 2.75) is 38.6 Å². The van der Waals surface area contributed by atoms with E-state index >= 15 is 0 Å². The SMILES string of the molecule is CN(C(=O)c1ccc(-c2ccc(C(C)(C)C)cc2)o1)C1CCNC1. The molecule has 0 aliphatic carbocycles. The number of hydrogen-bond donors (Lipinski definition) is 1. The molecule has 4 nitrogen and oxygen atoms in total. The van der Waals surface area contributed by atoms with Gasteiger partial charge in [-0.25, -0.2) is 0 Å². The highest BCUT2D eigenvalue weighted by Gasteiger charge is 2.26. The zero-order valence-corrected chi connectivity index (χ0v) is 14.9. The van der Waals surface area contributed by atoms with E-state index in [1.807, 2.05) is 13.1 Å². The number of nitrogens with one attached hydrogen (secondary N) is 1. The molecule has 1 fully saturated rings. The molecule has 2 aromatic rings. The van der Waals surface area contributed by atoms with E-state index in [9.17, 15) is 4.79 Å². The van der Waals surface area contributed by atoms with Crippen LogP contribution in [0.3, 0.4) is 0 Å². The molecule has 0 saturated carbocycles. The monoisotopic (exact) mass is 326 g/mol. The summed E-state index contributed by atoms with van der Waals surface area (Å²) in [6.45, 7) is 8.40. The molecule has 1 amide bonds. The summed E-state index contributed by atoms with van der Waals surface area (Å²) < 4.78 is 5.83. The first-order valence-electron chi connectivity index (χ1n) is 8.55. The minimum atomic E-state index is -0.0544. The smallest absolute Gasteiger partial charge is 0.289 e. The molecule has 128 valence electrons. The molecule has 2 heterocycles. The van der Waals surface area contributed by atoms with E-state index in [0.717, 1.165) is 30.8 Å². The molecule has 1 aromatic carbocycles. The number of hydrogen-bond acceptors (Lipinski definition) is 3. The van der Waals surface area contributed by atoms with Gasteiger partial charge < -0.3 is 14.6 Å². The van der Waals surface area contributed by atoms with Gasteiger partial charge in [-0.1, -0.05) is 45.0 Å². The van der Waals surface area contributed by atoms with Gasteiger partial charge in [0.15, 0.2) is 5.76 Å². The maximum absolute atomic E-state index is 12.6. The Labute approximate surface area is 143 Å². The fourth-order valence-corrected chi connectivity index (χ4v) is 3.05. The van der Waals surface area contributed by atoms with E-state index in [-0.39, 0.29) is 17.4 Å². The first-order valence-corrected chi connectivity index (χ1v) is 8.55. The van der Waals surface area contributed by atoms with E-state index in [1.54, 1.807) is 11.0 Å². The van der Waals surface area contributed by atoms with E-state index < -0.39 is 0 Å². The van der Waals surface area contributed by atoms with Gasteiger partial charge in [-0.3, -0.25) is 4.79 Å². The number of benzene rings is 1. The van der Waals surface area contributed by atoms with Crippen molar-refractivity contribution in [3.63, 3.8) is 0 Å². The van der Waals surface area contributed by atoms with E-state index in [1.165, 1.54) is 5.56 Å². The van der Waals surface area contributed by atoms with Crippen LogP contribution in [-0.4, -0.2) is 37.0 Å². The van der Waals surface area contributed by atoms with Crippen LogP contribution in [0.1, 0.15) is 43.3 Å². The number of furan rings is 1. The molecule has 4 heteroatoms. The maximum atomic E-state index is 12.6. The topological polar surface area (TPSA) is 45.5 Å². The summed E-state index contributed by atoms with van der Waals surface area (Å²) in [6, 6.07) is 12.2. The molecule has 3 rings (SSSR count). The molecule has 1 saturated heterocycles. The molecule has 0 bridgehead atoms. The van der Waals surface area contributed by atoms with Crippen LogP contribution in [0.25, 0.3) is 11.3 Å². The molecule has 1 atom stereocenters. The number of likely N-dealkylation sites (N-methyl/N-ethyl adjacent to an activating group) is 1. The summed E-state index contributed by atoms with van der Waals surface area (Å²) in [4.78, 5) is 14.3. The van der Waals surface area contributed by atoms with Crippen molar-refractivity contribution >= 4 is 5.91 Å². The molecule has 1 aliphatic heterocycles. The summed E-state index contributed by atoms with van der Waals surface area (Å²) in [5, 5.41) is 3.28. The summed E-state index contributed by atoms with van der Waals surface area (Å²) in [6.07, 6.45) is 0.990. The van der Waals surface area contributed by atoms with Gasteiger partial charge in [0.25, 0.3) is 5.91 Å². The third kappa shape index (κ3) is 3.39. The normalized spacial score (nSPS) is 17.9. The van der Waals surface area contributed by atoms with Crippen LogP contribution in [0.2, 0.25) is 0 Å². The van der Waals surface area contributed by atoms with Crippen molar-refractivity contribution in [1.82, 2.24) is 10.2 Å². The molecular weight excluding hydrogens is 300 g/mol. The lowest BCUT2D eigenvalue weighted by Crippen LogP contribution is -2.38. The van der Waals surface area contributed by atoms with Crippen molar-refractivity contribution in [2.24, 2.45) is 0 Å². The van der Waals surface area contributed by atoms with Crippen LogP contribution in [0.15, 0.2) is 40.8 Å². The highest BCUT2D eigenvalue weighted by molar-refractivity contribution is 5.92. The van der Waals surface area contributed by atoms with Gasteiger partial charge in [-0.05, 0) is 36.1 Å². The average Bonchev–Trinajstić information content (AvgIpc) is 3.24. The van der Waals surface area contributed by atoms with E-state index in [0.29, 0.717) is 5.76 Å². The predicted molar refractivity (Wildman–Crippen MR) is 96.2 cm³/mol. The third-order valence-corrected chi connectivity index (χ3v) is 4.75. The zero-order valence-electron chi connectivity index (χ0n) is 14.9. The minimum absolute atomic E-state index is 0.0544. The van der Waals surface area contributed by atoms with Crippen LogP contribution in [0.5, 0.6) is 0 Å². The first-order chi connectivity index (χ1) is 11.4. The zero-order chi connectivity index (χ0) is 17.3. The van der Waals surface area contributed by atoms with Crippen molar-refractivity contribution in [3.05, 3.63) is 47.7 Å². The Balaban J connectivity index is 1.76. The van der Waals surface area contributed by atoms with Crippen molar-refractivity contribution in [1.29, 1.82) is 0 Å². The Kier molecular flexibility index (Phi) is 4.50. The van der Waals surface area contributed by atoms with E-state index in [4.69, 9.17) is 4.42 Å². The quantitative estimate of drug-likeness (QED) is 0.936. The Morgan fingerprint density at radius 3 is 2.46 bits per heavy atom. The fourth-order valence-electron chi connectivity index (χ4n) is 3.05. The van der Waals surface area contributed by atoms with E-state index in [2.05, 4.69) is 50.4 Å². The fraction of sp³-hybridized carbons (Fsp3) is 0.450. The molecule has 1 N–H and O–H groups in total. The van der Waals surface area contributed by atoms with Gasteiger partial charge in [0, 0.05) is 25.2 Å². The second kappa shape index (κ2) is 6.44. The number of rotatable bonds is 3. The lowest BCUT2D eigenvalue weighted by Gasteiger charge is -2.22. The summed E-state index contributed by atoms with van der Waals surface area (Å²) in [7, 11) is 1.85. The van der Waals surface area contributed by atoms with Crippen molar-refractivity contribution in [3.8, 4) is 11.3 Å². The highest BCUT2D eigenvalue weighted by atomic mass is 16.4. The lowest BCUT2D eigenvalue weighted by molar-refractivity contribution is 0.0712. The minimum Gasteiger partial charge on any atom is -0.451 e. The molecule has 1 aliphatic rings. The Hall–Kier alpha value is -2.07. The van der Waals surface area contributed by atoms with Crippen LogP contribution in [-0.2, 0) is 5.41 Å². The second-order valence-corrected chi connectivity index (χ2v) is 7.55. The van der Waals surface area contributed by atoms with Crippen molar-refractivity contribution < 1.29 is 9.21 Å². The Bertz CT molecular complexity index is 704. The van der Waals surface area contributed by atoms with Gasteiger partial charge in [-0.15, -0.1) is 0 Å². The molecule has 0 radical (unpaired) electrons. The number of nitrogens with zero attached hydrogens (tertiary/aromatic N) is 1. The Morgan fingerprint density at radius 2 is 1.88 bits per heavy atom. The molecule has 0 spiro atoms. The summed E-state index contributed by atoms with van der Waals surface area (Å²) >= 11 is 0. The first kappa shape index (κ1) is 16.8. The highest BCUT2D eigenvalue weighted by Crippen LogP contribution is 2.27. The van der Waals surface area contributed by atoms with Gasteiger partial charge in [-0.2, -0.15) is 0 Å². The van der Waals surface area contributed by atoms with Gasteiger partial charge >= 0.3 is 0 Å². The number of amides is 1. The standard InChI is InChI=1S/C20H26N2O2/c1-20(2,3)15-7-5-14(6-8-15)17-9-10-18(24-17)19(23)22(4)16-11-12-21-13-16/h5-10,16,21H,11-13H2,1-4H3. The van der Waals surface area contributed by atoms with Crippen LogP contribution >= 0.6 is 0 Å². The lowest BCUT2D eigenvalue weighted by atomic mass is 9.86. The van der Waals surface area contributed by atoms with Crippen LogP contribution in [0, 0.1) is 0 Å².